The van der Waals surface area contributed by atoms with Crippen molar-refractivity contribution in [2.75, 3.05) is 0 Å². The molecule has 0 bridgehead atoms. The average molecular weight is 204 g/mol. The zero-order valence-electron chi connectivity index (χ0n) is 7.36. The monoisotopic (exact) mass is 204 g/mol. The maximum atomic E-state index is 11.4. The van der Waals surface area contributed by atoms with Crippen LogP contribution in [0.5, 0.6) is 0 Å². The summed E-state index contributed by atoms with van der Waals surface area (Å²) in [6, 6.07) is 3.51. The number of aromatic nitrogens is 2. The fraction of sp³-hybridized carbons (Fsp3) is 0.100. The van der Waals surface area contributed by atoms with Gasteiger partial charge in [0, 0.05) is 17.0 Å². The second-order valence-electron chi connectivity index (χ2n) is 2.81. The number of nitrogens with one attached hydrogen (secondary N) is 1. The highest BCUT2D eigenvalue weighted by Gasteiger charge is 2.03. The first-order valence-electron chi connectivity index (χ1n) is 4.07. The number of hydrogen-bond donors (Lipinski definition) is 1. The molecule has 0 atom stereocenters. The van der Waals surface area contributed by atoms with Crippen molar-refractivity contribution in [3.8, 4) is 23.6 Å². The lowest BCUT2D eigenvalue weighted by Gasteiger charge is -1.93. The fourth-order valence-electron chi connectivity index (χ4n) is 1.21. The first kappa shape index (κ1) is 8.85. The maximum Gasteiger partial charge on any atom is 0.267 e. The summed E-state index contributed by atoms with van der Waals surface area (Å²) in [5.41, 5.74) is 1.73. The van der Waals surface area contributed by atoms with E-state index in [4.69, 9.17) is 6.42 Å². The quantitative estimate of drug-likeness (QED) is 0.740. The van der Waals surface area contributed by atoms with Crippen LogP contribution in [0.2, 0.25) is 0 Å². The van der Waals surface area contributed by atoms with E-state index in [9.17, 15) is 4.79 Å². The Morgan fingerprint density at radius 3 is 3.14 bits per heavy atom. The molecule has 0 fully saturated rings. The molecule has 70 valence electrons. The molecule has 0 saturated heterocycles. The van der Waals surface area contributed by atoms with Crippen LogP contribution < -0.4 is 5.56 Å². The predicted molar refractivity (Wildman–Crippen MR) is 57.2 cm³/mol. The Balaban J connectivity index is 2.44. The average Bonchev–Trinajstić information content (AvgIpc) is 2.76. The molecule has 0 aliphatic rings. The summed E-state index contributed by atoms with van der Waals surface area (Å²) in [6.45, 7) is 0.281. The second-order valence-corrected chi connectivity index (χ2v) is 3.59. The lowest BCUT2D eigenvalue weighted by molar-refractivity contribution is 0.693. The van der Waals surface area contributed by atoms with Gasteiger partial charge in [-0.2, -0.15) is 11.3 Å². The molecular formula is C10H8N2OS. The summed E-state index contributed by atoms with van der Waals surface area (Å²) in [7, 11) is 0. The third-order valence-corrected chi connectivity index (χ3v) is 2.55. The molecule has 4 heteroatoms. The number of rotatable bonds is 2. The van der Waals surface area contributed by atoms with E-state index in [1.165, 1.54) is 4.68 Å². The third-order valence-electron chi connectivity index (χ3n) is 1.87. The van der Waals surface area contributed by atoms with E-state index in [1.54, 1.807) is 17.4 Å². The van der Waals surface area contributed by atoms with Crippen molar-refractivity contribution in [3.05, 3.63) is 33.2 Å². The third kappa shape index (κ3) is 1.50. The molecule has 0 radical (unpaired) electrons. The standard InChI is InChI=1S/C10H8N2OS/c1-2-4-12-10(13)6-9(11-12)8-3-5-14-7-8/h1,3,5-7,11H,4H2. The van der Waals surface area contributed by atoms with Gasteiger partial charge in [0.05, 0.1) is 5.69 Å². The number of thiophene rings is 1. The zero-order valence-corrected chi connectivity index (χ0v) is 8.17. The van der Waals surface area contributed by atoms with E-state index in [0.717, 1.165) is 11.3 Å². The summed E-state index contributed by atoms with van der Waals surface area (Å²) in [6.07, 6.45) is 5.13. The number of terminal acetylenes is 1. The Kier molecular flexibility index (Phi) is 2.25. The molecule has 2 aromatic heterocycles. The molecule has 0 spiro atoms. The molecule has 0 aliphatic heterocycles. The lowest BCUT2D eigenvalue weighted by atomic mass is 10.2. The van der Waals surface area contributed by atoms with E-state index in [1.807, 2.05) is 16.8 Å². The SMILES string of the molecule is C#CCn1[nH]c(-c2ccsc2)cc1=O. The largest absolute Gasteiger partial charge is 0.294 e. The Bertz CT molecular complexity index is 513. The van der Waals surface area contributed by atoms with Crippen LogP contribution in [-0.4, -0.2) is 9.78 Å². The maximum absolute atomic E-state index is 11.4. The van der Waals surface area contributed by atoms with Gasteiger partial charge in [0.1, 0.15) is 6.54 Å². The van der Waals surface area contributed by atoms with Crippen molar-refractivity contribution in [2.24, 2.45) is 0 Å². The molecule has 2 rings (SSSR count). The highest BCUT2D eigenvalue weighted by molar-refractivity contribution is 7.08. The summed E-state index contributed by atoms with van der Waals surface area (Å²) in [4.78, 5) is 11.4. The van der Waals surface area contributed by atoms with Crippen molar-refractivity contribution >= 4 is 11.3 Å². The van der Waals surface area contributed by atoms with Crippen molar-refractivity contribution in [1.82, 2.24) is 9.78 Å². The summed E-state index contributed by atoms with van der Waals surface area (Å²) >= 11 is 1.59. The van der Waals surface area contributed by atoms with Crippen molar-refractivity contribution < 1.29 is 0 Å². The highest BCUT2D eigenvalue weighted by atomic mass is 32.1. The molecule has 14 heavy (non-hydrogen) atoms. The minimum Gasteiger partial charge on any atom is -0.294 e. The van der Waals surface area contributed by atoms with Crippen LogP contribution in [0.1, 0.15) is 0 Å². The molecule has 0 saturated carbocycles. The highest BCUT2D eigenvalue weighted by Crippen LogP contribution is 2.17. The van der Waals surface area contributed by atoms with Crippen molar-refractivity contribution in [3.63, 3.8) is 0 Å². The molecule has 0 aromatic carbocycles. The van der Waals surface area contributed by atoms with Gasteiger partial charge in [0.2, 0.25) is 0 Å². The Morgan fingerprint density at radius 2 is 2.50 bits per heavy atom. The van der Waals surface area contributed by atoms with Gasteiger partial charge in [0.15, 0.2) is 0 Å². The molecule has 0 unspecified atom stereocenters. The second kappa shape index (κ2) is 3.56. The summed E-state index contributed by atoms with van der Waals surface area (Å²) in [5.74, 6) is 2.42. The van der Waals surface area contributed by atoms with Crippen LogP contribution in [0, 0.1) is 12.3 Å². The van der Waals surface area contributed by atoms with Gasteiger partial charge >= 0.3 is 0 Å². The van der Waals surface area contributed by atoms with Gasteiger partial charge in [0.25, 0.3) is 5.56 Å². The van der Waals surface area contributed by atoms with Crippen LogP contribution >= 0.6 is 11.3 Å². The van der Waals surface area contributed by atoms with E-state index >= 15 is 0 Å². The number of hydrogen-bond acceptors (Lipinski definition) is 2. The Hall–Kier alpha value is -1.73. The van der Waals surface area contributed by atoms with Gasteiger partial charge in [-0.1, -0.05) is 5.92 Å². The molecular weight excluding hydrogens is 196 g/mol. The molecule has 2 aromatic rings. The predicted octanol–water partition coefficient (Wildman–Crippen LogP) is 1.54. The lowest BCUT2D eigenvalue weighted by Crippen LogP contribution is -2.14. The van der Waals surface area contributed by atoms with Crippen LogP contribution in [-0.2, 0) is 6.54 Å². The first-order valence-corrected chi connectivity index (χ1v) is 5.01. The van der Waals surface area contributed by atoms with E-state index in [-0.39, 0.29) is 12.1 Å². The van der Waals surface area contributed by atoms with Crippen LogP contribution in [0.4, 0.5) is 0 Å². The molecule has 2 heterocycles. The zero-order chi connectivity index (χ0) is 9.97. The molecule has 0 aliphatic carbocycles. The van der Waals surface area contributed by atoms with E-state index in [2.05, 4.69) is 11.0 Å². The molecule has 0 amide bonds. The van der Waals surface area contributed by atoms with Gasteiger partial charge < -0.3 is 0 Å². The molecule has 1 N–H and O–H groups in total. The van der Waals surface area contributed by atoms with E-state index in [0.29, 0.717) is 0 Å². The smallest absolute Gasteiger partial charge is 0.267 e. The van der Waals surface area contributed by atoms with E-state index < -0.39 is 0 Å². The van der Waals surface area contributed by atoms with Crippen molar-refractivity contribution in [2.45, 2.75) is 6.54 Å². The first-order chi connectivity index (χ1) is 6.81. The van der Waals surface area contributed by atoms with Crippen LogP contribution in [0.15, 0.2) is 27.7 Å². The van der Waals surface area contributed by atoms with Gasteiger partial charge in [-0.25, -0.2) is 4.68 Å². The topological polar surface area (TPSA) is 37.8 Å². The number of H-pyrrole nitrogens is 1. The molecule has 3 nitrogen and oxygen atoms in total. The van der Waals surface area contributed by atoms with Crippen LogP contribution in [0.3, 0.4) is 0 Å². The van der Waals surface area contributed by atoms with Gasteiger partial charge in [-0.3, -0.25) is 9.89 Å². The Morgan fingerprint density at radius 1 is 1.64 bits per heavy atom. The Labute approximate surface area is 85.0 Å². The summed E-state index contributed by atoms with van der Waals surface area (Å²) < 4.78 is 1.41. The normalized spacial score (nSPS) is 9.93. The van der Waals surface area contributed by atoms with Gasteiger partial charge in [-0.05, 0) is 11.4 Å². The van der Waals surface area contributed by atoms with Crippen LogP contribution in [0.25, 0.3) is 11.3 Å². The van der Waals surface area contributed by atoms with Crippen molar-refractivity contribution in [1.29, 1.82) is 0 Å². The number of nitrogens with zero attached hydrogens (tertiary/aromatic N) is 1. The fourth-order valence-corrected chi connectivity index (χ4v) is 1.86. The minimum atomic E-state index is -0.0934. The van der Waals surface area contributed by atoms with Gasteiger partial charge in [-0.15, -0.1) is 6.42 Å². The minimum absolute atomic E-state index is 0.0934. The number of aromatic amines is 1. The summed E-state index contributed by atoms with van der Waals surface area (Å²) in [5, 5.41) is 6.90.